The molecule has 1 aromatic rings. The van der Waals surface area contributed by atoms with Gasteiger partial charge < -0.3 is 5.32 Å². The van der Waals surface area contributed by atoms with E-state index in [1.54, 1.807) is 18.2 Å². The fraction of sp³-hybridized carbons (Fsp3) is 0.462. The van der Waals surface area contributed by atoms with Gasteiger partial charge in [-0.2, -0.15) is 0 Å². The third-order valence-electron chi connectivity index (χ3n) is 3.07. The minimum absolute atomic E-state index is 0.0666. The number of Topliss-reactive ketones (excluding diaryl/α,β-unsaturated/α-hetero) is 1. The van der Waals surface area contributed by atoms with E-state index in [1.807, 2.05) is 0 Å². The number of rotatable bonds is 3. The van der Waals surface area contributed by atoms with Crippen LogP contribution >= 0.6 is 23.2 Å². The van der Waals surface area contributed by atoms with Crippen molar-refractivity contribution in [2.75, 3.05) is 6.54 Å². The van der Waals surface area contributed by atoms with Crippen LogP contribution in [-0.2, 0) is 0 Å². The Morgan fingerprint density at radius 2 is 2.18 bits per heavy atom. The normalized spacial score (nSPS) is 20.2. The standard InChI is InChI=1S/C13H15Cl2NO/c14-9-4-5-12(15)11(7-9)13(17)8-10-3-1-2-6-16-10/h4-5,7,10,16H,1-3,6,8H2. The molecule has 1 fully saturated rings. The van der Waals surface area contributed by atoms with E-state index in [4.69, 9.17) is 23.2 Å². The second-order valence-corrected chi connectivity index (χ2v) is 5.24. The first kappa shape index (κ1) is 12.9. The zero-order valence-electron chi connectivity index (χ0n) is 9.51. The van der Waals surface area contributed by atoms with E-state index >= 15 is 0 Å². The highest BCUT2D eigenvalue weighted by Crippen LogP contribution is 2.23. The van der Waals surface area contributed by atoms with E-state index in [0.717, 1.165) is 13.0 Å². The summed E-state index contributed by atoms with van der Waals surface area (Å²) in [4.78, 5) is 12.1. The highest BCUT2D eigenvalue weighted by atomic mass is 35.5. The van der Waals surface area contributed by atoms with Gasteiger partial charge in [0.05, 0.1) is 5.02 Å². The molecular formula is C13H15Cl2NO. The van der Waals surface area contributed by atoms with Crippen LogP contribution in [0.4, 0.5) is 0 Å². The topological polar surface area (TPSA) is 29.1 Å². The van der Waals surface area contributed by atoms with Crippen LogP contribution < -0.4 is 5.32 Å². The summed E-state index contributed by atoms with van der Waals surface area (Å²) < 4.78 is 0. The Balaban J connectivity index is 2.05. The Hall–Kier alpha value is -0.570. The summed E-state index contributed by atoms with van der Waals surface area (Å²) in [5, 5.41) is 4.39. The third kappa shape index (κ3) is 3.44. The zero-order chi connectivity index (χ0) is 12.3. The summed E-state index contributed by atoms with van der Waals surface area (Å²) >= 11 is 11.9. The van der Waals surface area contributed by atoms with Crippen molar-refractivity contribution in [3.63, 3.8) is 0 Å². The third-order valence-corrected chi connectivity index (χ3v) is 3.64. The number of nitrogens with one attached hydrogen (secondary N) is 1. The van der Waals surface area contributed by atoms with Gasteiger partial charge in [0.1, 0.15) is 0 Å². The smallest absolute Gasteiger partial charge is 0.165 e. The number of carbonyl (C=O) groups excluding carboxylic acids is 1. The molecule has 2 rings (SSSR count). The van der Waals surface area contributed by atoms with Gasteiger partial charge in [-0.1, -0.05) is 29.6 Å². The number of hydrogen-bond acceptors (Lipinski definition) is 2. The summed E-state index contributed by atoms with van der Waals surface area (Å²) in [5.41, 5.74) is 0.534. The second kappa shape index (κ2) is 5.85. The van der Waals surface area contributed by atoms with E-state index < -0.39 is 0 Å². The van der Waals surface area contributed by atoms with Crippen molar-refractivity contribution < 1.29 is 4.79 Å². The fourth-order valence-corrected chi connectivity index (χ4v) is 2.54. The van der Waals surface area contributed by atoms with E-state index in [9.17, 15) is 4.79 Å². The molecule has 1 aliphatic heterocycles. The average Bonchev–Trinajstić information content (AvgIpc) is 2.33. The summed E-state index contributed by atoms with van der Waals surface area (Å²) in [6, 6.07) is 5.30. The van der Waals surface area contributed by atoms with Crippen molar-refractivity contribution in [2.45, 2.75) is 31.7 Å². The van der Waals surface area contributed by atoms with Crippen LogP contribution in [0, 0.1) is 0 Å². The monoisotopic (exact) mass is 271 g/mol. The summed E-state index contributed by atoms with van der Waals surface area (Å²) in [6.07, 6.45) is 3.95. The minimum atomic E-state index is 0.0666. The molecule has 0 amide bonds. The number of piperidine rings is 1. The van der Waals surface area contributed by atoms with Gasteiger partial charge in [0.25, 0.3) is 0 Å². The zero-order valence-corrected chi connectivity index (χ0v) is 11.0. The maximum absolute atomic E-state index is 12.1. The van der Waals surface area contributed by atoms with Gasteiger partial charge in [-0.3, -0.25) is 4.79 Å². The summed E-state index contributed by atoms with van der Waals surface area (Å²) in [5.74, 6) is 0.0666. The quantitative estimate of drug-likeness (QED) is 0.850. The van der Waals surface area contributed by atoms with Crippen LogP contribution in [0.25, 0.3) is 0 Å². The van der Waals surface area contributed by atoms with Gasteiger partial charge >= 0.3 is 0 Å². The lowest BCUT2D eigenvalue weighted by atomic mass is 9.97. The molecule has 1 saturated heterocycles. The van der Waals surface area contributed by atoms with Crippen LogP contribution in [0.1, 0.15) is 36.0 Å². The number of ketones is 1. The predicted octanol–water partition coefficient (Wildman–Crippen LogP) is 3.71. The number of benzene rings is 1. The minimum Gasteiger partial charge on any atom is -0.314 e. The Morgan fingerprint density at radius 3 is 2.88 bits per heavy atom. The maximum Gasteiger partial charge on any atom is 0.165 e. The molecule has 0 radical (unpaired) electrons. The van der Waals surface area contributed by atoms with Crippen molar-refractivity contribution in [3.05, 3.63) is 33.8 Å². The van der Waals surface area contributed by atoms with E-state index in [0.29, 0.717) is 22.0 Å². The molecule has 0 bridgehead atoms. The molecule has 1 aliphatic rings. The molecule has 2 nitrogen and oxygen atoms in total. The van der Waals surface area contributed by atoms with Crippen LogP contribution in [0.3, 0.4) is 0 Å². The van der Waals surface area contributed by atoms with E-state index in [-0.39, 0.29) is 11.8 Å². The molecule has 1 aromatic carbocycles. The lowest BCUT2D eigenvalue weighted by Crippen LogP contribution is -2.35. The van der Waals surface area contributed by atoms with Crippen molar-refractivity contribution >= 4 is 29.0 Å². The molecule has 1 heterocycles. The lowest BCUT2D eigenvalue weighted by Gasteiger charge is -2.22. The highest BCUT2D eigenvalue weighted by molar-refractivity contribution is 6.35. The van der Waals surface area contributed by atoms with Crippen molar-refractivity contribution in [1.29, 1.82) is 0 Å². The number of hydrogen-bond donors (Lipinski definition) is 1. The fourth-order valence-electron chi connectivity index (χ4n) is 2.14. The van der Waals surface area contributed by atoms with Crippen LogP contribution in [-0.4, -0.2) is 18.4 Å². The van der Waals surface area contributed by atoms with Crippen molar-refractivity contribution in [2.24, 2.45) is 0 Å². The molecule has 1 atom stereocenters. The Morgan fingerprint density at radius 1 is 1.35 bits per heavy atom. The molecule has 17 heavy (non-hydrogen) atoms. The molecule has 92 valence electrons. The van der Waals surface area contributed by atoms with Crippen LogP contribution in [0.5, 0.6) is 0 Å². The van der Waals surface area contributed by atoms with Crippen LogP contribution in [0.15, 0.2) is 18.2 Å². The van der Waals surface area contributed by atoms with Gasteiger partial charge in [0.15, 0.2) is 5.78 Å². The highest BCUT2D eigenvalue weighted by Gasteiger charge is 2.19. The summed E-state index contributed by atoms with van der Waals surface area (Å²) in [6.45, 7) is 1.00. The Kier molecular flexibility index (Phi) is 4.43. The molecule has 0 aromatic heterocycles. The van der Waals surface area contributed by atoms with Crippen molar-refractivity contribution in [1.82, 2.24) is 5.32 Å². The van der Waals surface area contributed by atoms with Crippen LogP contribution in [0.2, 0.25) is 10.0 Å². The Bertz CT molecular complexity index is 414. The summed E-state index contributed by atoms with van der Waals surface area (Å²) in [7, 11) is 0. The first-order valence-corrected chi connectivity index (χ1v) is 6.64. The SMILES string of the molecule is O=C(CC1CCCCN1)c1cc(Cl)ccc1Cl. The van der Waals surface area contributed by atoms with Gasteiger partial charge in [0.2, 0.25) is 0 Å². The second-order valence-electron chi connectivity index (χ2n) is 4.40. The largest absolute Gasteiger partial charge is 0.314 e. The van der Waals surface area contributed by atoms with Crippen molar-refractivity contribution in [3.8, 4) is 0 Å². The lowest BCUT2D eigenvalue weighted by molar-refractivity contribution is 0.0964. The average molecular weight is 272 g/mol. The van der Waals surface area contributed by atoms with Gasteiger partial charge in [-0.25, -0.2) is 0 Å². The molecular weight excluding hydrogens is 257 g/mol. The Labute approximate surface area is 111 Å². The molecule has 0 saturated carbocycles. The first-order chi connectivity index (χ1) is 8.16. The molecule has 4 heteroatoms. The van der Waals surface area contributed by atoms with E-state index in [1.165, 1.54) is 12.8 Å². The molecule has 0 spiro atoms. The molecule has 0 aliphatic carbocycles. The molecule has 1 N–H and O–H groups in total. The first-order valence-electron chi connectivity index (χ1n) is 5.88. The molecule has 1 unspecified atom stereocenters. The maximum atomic E-state index is 12.1. The van der Waals surface area contributed by atoms with Gasteiger partial charge in [-0.05, 0) is 37.6 Å². The van der Waals surface area contributed by atoms with Gasteiger partial charge in [0, 0.05) is 23.0 Å². The number of halogens is 2. The number of carbonyl (C=O) groups is 1. The van der Waals surface area contributed by atoms with E-state index in [2.05, 4.69) is 5.32 Å². The van der Waals surface area contributed by atoms with Gasteiger partial charge in [-0.15, -0.1) is 0 Å². The predicted molar refractivity (Wildman–Crippen MR) is 71.1 cm³/mol.